The van der Waals surface area contributed by atoms with Gasteiger partial charge in [0, 0.05) is 0 Å². The van der Waals surface area contributed by atoms with Crippen molar-refractivity contribution < 1.29 is 14.3 Å². The first kappa shape index (κ1) is 17.9. The summed E-state index contributed by atoms with van der Waals surface area (Å²) in [5, 5.41) is 3.05. The second kappa shape index (κ2) is 8.39. The van der Waals surface area contributed by atoms with Crippen molar-refractivity contribution in [1.29, 1.82) is 0 Å². The van der Waals surface area contributed by atoms with E-state index in [9.17, 15) is 4.79 Å². The highest BCUT2D eigenvalue weighted by Crippen LogP contribution is 2.24. The zero-order chi connectivity index (χ0) is 17.5. The van der Waals surface area contributed by atoms with E-state index in [1.807, 2.05) is 55.5 Å². The van der Waals surface area contributed by atoms with Crippen molar-refractivity contribution in [3.05, 3.63) is 59.7 Å². The van der Waals surface area contributed by atoms with Crippen molar-refractivity contribution in [3.63, 3.8) is 0 Å². The minimum absolute atomic E-state index is 0.00281. The molecule has 2 aromatic carbocycles. The van der Waals surface area contributed by atoms with Crippen molar-refractivity contribution in [2.75, 3.05) is 13.7 Å². The van der Waals surface area contributed by atoms with Crippen molar-refractivity contribution in [2.24, 2.45) is 5.92 Å². The number of aryl methyl sites for hydroxylation is 1. The van der Waals surface area contributed by atoms with E-state index in [0.717, 1.165) is 16.9 Å². The maximum atomic E-state index is 12.3. The second-order valence-electron chi connectivity index (χ2n) is 6.17. The lowest BCUT2D eigenvalue weighted by Gasteiger charge is -2.23. The summed E-state index contributed by atoms with van der Waals surface area (Å²) in [7, 11) is 1.64. The molecule has 1 amide bonds. The third kappa shape index (κ3) is 5.01. The Morgan fingerprint density at radius 3 is 2.38 bits per heavy atom. The zero-order valence-electron chi connectivity index (χ0n) is 14.7. The first-order valence-electron chi connectivity index (χ1n) is 8.12. The summed E-state index contributed by atoms with van der Waals surface area (Å²) in [6.45, 7) is 6.15. The summed E-state index contributed by atoms with van der Waals surface area (Å²) in [6, 6.07) is 15.4. The molecule has 0 saturated heterocycles. The molecule has 0 saturated carbocycles. The number of hydrogen-bond acceptors (Lipinski definition) is 3. The Bertz CT molecular complexity index is 665. The third-order valence-electron chi connectivity index (χ3n) is 3.82. The van der Waals surface area contributed by atoms with Crippen LogP contribution < -0.4 is 14.8 Å². The second-order valence-corrected chi connectivity index (χ2v) is 6.17. The molecule has 24 heavy (non-hydrogen) atoms. The molecule has 128 valence electrons. The van der Waals surface area contributed by atoms with E-state index in [4.69, 9.17) is 9.47 Å². The molecule has 2 rings (SSSR count). The Morgan fingerprint density at radius 2 is 1.79 bits per heavy atom. The van der Waals surface area contributed by atoms with Gasteiger partial charge in [0.25, 0.3) is 5.91 Å². The number of rotatable bonds is 7. The minimum atomic E-state index is -0.133. The number of ether oxygens (including phenoxy) is 2. The van der Waals surface area contributed by atoms with E-state index in [2.05, 4.69) is 19.2 Å². The lowest BCUT2D eigenvalue weighted by Crippen LogP contribution is -2.35. The molecule has 0 fully saturated rings. The molecule has 0 spiro atoms. The first-order chi connectivity index (χ1) is 11.5. The number of hydrogen-bond donors (Lipinski definition) is 1. The van der Waals surface area contributed by atoms with E-state index >= 15 is 0 Å². The summed E-state index contributed by atoms with van der Waals surface area (Å²) < 4.78 is 10.7. The molecular formula is C20H25NO3. The molecule has 2 aromatic rings. The van der Waals surface area contributed by atoms with Crippen LogP contribution in [0.25, 0.3) is 0 Å². The van der Waals surface area contributed by atoms with E-state index < -0.39 is 0 Å². The molecule has 0 aliphatic carbocycles. The van der Waals surface area contributed by atoms with Crippen LogP contribution in [0.2, 0.25) is 0 Å². The standard InChI is InChI=1S/C20H25NO3/c1-14(2)20(16-8-10-17(23-4)11-9-16)21-19(22)13-24-18-7-5-6-15(3)12-18/h5-12,14,20H,13H2,1-4H3,(H,21,22)/t20-/m1/s1. The molecule has 0 heterocycles. The van der Waals surface area contributed by atoms with Crippen molar-refractivity contribution in [1.82, 2.24) is 5.32 Å². The van der Waals surface area contributed by atoms with Crippen LogP contribution >= 0.6 is 0 Å². The molecule has 1 N–H and O–H groups in total. The number of methoxy groups -OCH3 is 1. The first-order valence-corrected chi connectivity index (χ1v) is 8.12. The van der Waals surface area contributed by atoms with E-state index in [1.165, 1.54) is 0 Å². The Hall–Kier alpha value is -2.49. The van der Waals surface area contributed by atoms with Gasteiger partial charge in [-0.15, -0.1) is 0 Å². The molecule has 4 nitrogen and oxygen atoms in total. The quantitative estimate of drug-likeness (QED) is 0.839. The highest BCUT2D eigenvalue weighted by Gasteiger charge is 2.18. The molecule has 0 aliphatic heterocycles. The third-order valence-corrected chi connectivity index (χ3v) is 3.82. The summed E-state index contributed by atoms with van der Waals surface area (Å²) in [5.41, 5.74) is 2.15. The molecule has 1 atom stereocenters. The smallest absolute Gasteiger partial charge is 0.258 e. The lowest BCUT2D eigenvalue weighted by molar-refractivity contribution is -0.124. The van der Waals surface area contributed by atoms with E-state index in [1.54, 1.807) is 7.11 Å². The average molecular weight is 327 g/mol. The van der Waals surface area contributed by atoms with Gasteiger partial charge in [0.1, 0.15) is 11.5 Å². The minimum Gasteiger partial charge on any atom is -0.497 e. The van der Waals surface area contributed by atoms with Crippen LogP contribution in [0.4, 0.5) is 0 Å². The number of benzene rings is 2. The van der Waals surface area contributed by atoms with Gasteiger partial charge in [-0.05, 0) is 48.2 Å². The predicted octanol–water partition coefficient (Wildman–Crippen LogP) is 3.90. The van der Waals surface area contributed by atoms with E-state index in [-0.39, 0.29) is 24.5 Å². The van der Waals surface area contributed by atoms with Gasteiger partial charge in [0.15, 0.2) is 6.61 Å². The van der Waals surface area contributed by atoms with Crippen molar-refractivity contribution in [3.8, 4) is 11.5 Å². The number of carbonyl (C=O) groups is 1. The van der Waals surface area contributed by atoms with Crippen molar-refractivity contribution in [2.45, 2.75) is 26.8 Å². The summed E-state index contributed by atoms with van der Waals surface area (Å²) in [6.07, 6.45) is 0. The fraction of sp³-hybridized carbons (Fsp3) is 0.350. The van der Waals surface area contributed by atoms with Gasteiger partial charge >= 0.3 is 0 Å². The topological polar surface area (TPSA) is 47.6 Å². The van der Waals surface area contributed by atoms with Crippen molar-refractivity contribution >= 4 is 5.91 Å². The molecule has 4 heteroatoms. The average Bonchev–Trinajstić information content (AvgIpc) is 2.58. The normalized spacial score (nSPS) is 11.9. The summed E-state index contributed by atoms with van der Waals surface area (Å²) in [4.78, 5) is 12.3. The predicted molar refractivity (Wildman–Crippen MR) is 95.4 cm³/mol. The highest BCUT2D eigenvalue weighted by molar-refractivity contribution is 5.78. The van der Waals surface area contributed by atoms with Gasteiger partial charge in [-0.25, -0.2) is 0 Å². The fourth-order valence-electron chi connectivity index (χ4n) is 2.52. The summed E-state index contributed by atoms with van der Waals surface area (Å²) in [5.74, 6) is 1.64. The maximum Gasteiger partial charge on any atom is 0.258 e. The molecule has 0 bridgehead atoms. The number of nitrogens with one attached hydrogen (secondary N) is 1. The SMILES string of the molecule is COc1ccc([C@H](NC(=O)COc2cccc(C)c2)C(C)C)cc1. The Balaban J connectivity index is 1.97. The Kier molecular flexibility index (Phi) is 6.24. The number of amides is 1. The lowest BCUT2D eigenvalue weighted by atomic mass is 9.96. The molecule has 0 aromatic heterocycles. The number of carbonyl (C=O) groups excluding carboxylic acids is 1. The summed E-state index contributed by atoms with van der Waals surface area (Å²) >= 11 is 0. The van der Waals surface area contributed by atoms with Crippen LogP contribution in [0.15, 0.2) is 48.5 Å². The molecule has 0 unspecified atom stereocenters. The van der Waals surface area contributed by atoms with Crippen LogP contribution in [0.1, 0.15) is 31.0 Å². The van der Waals surface area contributed by atoms with Crippen LogP contribution in [0, 0.1) is 12.8 Å². The van der Waals surface area contributed by atoms with Gasteiger partial charge in [-0.2, -0.15) is 0 Å². The maximum absolute atomic E-state index is 12.3. The van der Waals surface area contributed by atoms with Crippen LogP contribution in [-0.4, -0.2) is 19.6 Å². The van der Waals surface area contributed by atoms with Crippen LogP contribution in [0.5, 0.6) is 11.5 Å². The Morgan fingerprint density at radius 1 is 1.08 bits per heavy atom. The van der Waals surface area contributed by atoms with Gasteiger partial charge in [-0.1, -0.05) is 38.1 Å². The molecule has 0 aliphatic rings. The zero-order valence-corrected chi connectivity index (χ0v) is 14.7. The molecule has 0 radical (unpaired) electrons. The van der Waals surface area contributed by atoms with E-state index in [0.29, 0.717) is 5.75 Å². The van der Waals surface area contributed by atoms with Gasteiger partial charge in [-0.3, -0.25) is 4.79 Å². The van der Waals surface area contributed by atoms with Gasteiger partial charge in [0.05, 0.1) is 13.2 Å². The largest absolute Gasteiger partial charge is 0.497 e. The van der Waals surface area contributed by atoms with Gasteiger partial charge < -0.3 is 14.8 Å². The monoisotopic (exact) mass is 327 g/mol. The van der Waals surface area contributed by atoms with Gasteiger partial charge in [0.2, 0.25) is 0 Å². The highest BCUT2D eigenvalue weighted by atomic mass is 16.5. The van der Waals surface area contributed by atoms with Crippen LogP contribution in [-0.2, 0) is 4.79 Å². The fourth-order valence-corrected chi connectivity index (χ4v) is 2.52. The Labute approximate surface area is 143 Å². The molecular weight excluding hydrogens is 302 g/mol. The van der Waals surface area contributed by atoms with Crippen LogP contribution in [0.3, 0.4) is 0 Å².